The van der Waals surface area contributed by atoms with Gasteiger partial charge < -0.3 is 14.8 Å². The van der Waals surface area contributed by atoms with E-state index < -0.39 is 22.0 Å². The van der Waals surface area contributed by atoms with Gasteiger partial charge in [-0.05, 0) is 73.2 Å². The van der Waals surface area contributed by atoms with Gasteiger partial charge in [-0.15, -0.1) is 0 Å². The number of hydrazone groups is 1. The highest BCUT2D eigenvalue weighted by molar-refractivity contribution is 7.92. The lowest BCUT2D eigenvalue weighted by molar-refractivity contribution is -0.121. The molecule has 0 heterocycles. The lowest BCUT2D eigenvalue weighted by atomic mass is 10.2. The van der Waals surface area contributed by atoms with E-state index in [9.17, 15) is 18.0 Å². The zero-order valence-corrected chi connectivity index (χ0v) is 22.5. The quantitative estimate of drug-likeness (QED) is 0.273. The second kappa shape index (κ2) is 12.9. The first-order valence-corrected chi connectivity index (χ1v) is 13.5. The largest absolute Gasteiger partial charge is 0.497 e. The summed E-state index contributed by atoms with van der Waals surface area (Å²) in [6.07, 6.45) is 2.42. The van der Waals surface area contributed by atoms with Crippen molar-refractivity contribution >= 4 is 51.0 Å². The van der Waals surface area contributed by atoms with Crippen LogP contribution in [0, 0.1) is 0 Å². The molecule has 3 aromatic carbocycles. The summed E-state index contributed by atoms with van der Waals surface area (Å²) < 4.78 is 36.4. The molecule has 12 heteroatoms. The van der Waals surface area contributed by atoms with Crippen LogP contribution in [-0.2, 0) is 19.6 Å². The Kier molecular flexibility index (Phi) is 9.69. The van der Waals surface area contributed by atoms with Crippen molar-refractivity contribution in [3.8, 4) is 11.5 Å². The van der Waals surface area contributed by atoms with Crippen molar-refractivity contribution in [2.45, 2.75) is 13.0 Å². The van der Waals surface area contributed by atoms with Crippen molar-refractivity contribution in [1.82, 2.24) is 5.43 Å². The summed E-state index contributed by atoms with van der Waals surface area (Å²) in [6.45, 7) is 1.25. The lowest BCUT2D eigenvalue weighted by Gasteiger charge is -2.27. The van der Waals surface area contributed by atoms with Crippen molar-refractivity contribution in [2.24, 2.45) is 5.10 Å². The molecule has 0 unspecified atom stereocenters. The van der Waals surface area contributed by atoms with Gasteiger partial charge in [-0.3, -0.25) is 13.9 Å². The van der Waals surface area contributed by atoms with Gasteiger partial charge in [0.25, 0.3) is 11.8 Å². The number of carbonyl (C=O) groups is 2. The topological polar surface area (TPSA) is 126 Å². The number of hydrogen-bond acceptors (Lipinski definition) is 7. The summed E-state index contributed by atoms with van der Waals surface area (Å²) >= 11 is 6.03. The Morgan fingerprint density at radius 3 is 2.26 bits per heavy atom. The molecule has 1 atom stereocenters. The predicted octanol–water partition coefficient (Wildman–Crippen LogP) is 3.67. The number of hydrogen-bond donors (Lipinski definition) is 2. The van der Waals surface area contributed by atoms with Gasteiger partial charge in [-0.25, -0.2) is 13.8 Å². The molecule has 0 fully saturated rings. The summed E-state index contributed by atoms with van der Waals surface area (Å²) in [7, 11) is -2.26. The van der Waals surface area contributed by atoms with E-state index >= 15 is 0 Å². The molecule has 0 aliphatic heterocycles. The summed E-state index contributed by atoms with van der Waals surface area (Å²) in [5, 5.41) is 7.02. The minimum absolute atomic E-state index is 0.211. The molecule has 3 aromatic rings. The number of halogens is 1. The van der Waals surface area contributed by atoms with E-state index in [1.165, 1.54) is 20.2 Å². The molecular weight excluding hydrogens is 532 g/mol. The van der Waals surface area contributed by atoms with Crippen molar-refractivity contribution in [1.29, 1.82) is 0 Å². The number of amides is 2. The van der Waals surface area contributed by atoms with Gasteiger partial charge in [-0.2, -0.15) is 5.10 Å². The van der Waals surface area contributed by atoms with Crippen molar-refractivity contribution in [3.05, 3.63) is 83.4 Å². The van der Waals surface area contributed by atoms with E-state index in [0.717, 1.165) is 10.6 Å². The van der Waals surface area contributed by atoms with E-state index in [0.29, 0.717) is 33.5 Å². The van der Waals surface area contributed by atoms with Crippen LogP contribution in [0.4, 0.5) is 11.4 Å². The predicted molar refractivity (Wildman–Crippen MR) is 148 cm³/mol. The van der Waals surface area contributed by atoms with E-state index in [4.69, 9.17) is 21.1 Å². The van der Waals surface area contributed by atoms with E-state index in [1.807, 2.05) is 0 Å². The fourth-order valence-electron chi connectivity index (χ4n) is 3.35. The molecule has 0 saturated heterocycles. The Morgan fingerprint density at radius 1 is 1.03 bits per heavy atom. The number of carbonyl (C=O) groups excluding carboxylic acids is 2. The van der Waals surface area contributed by atoms with Gasteiger partial charge in [0.1, 0.15) is 17.5 Å². The van der Waals surface area contributed by atoms with Crippen molar-refractivity contribution in [2.75, 3.05) is 29.6 Å². The fraction of sp³-hybridized carbons (Fsp3) is 0.192. The zero-order chi connectivity index (χ0) is 27.7. The monoisotopic (exact) mass is 558 g/mol. The zero-order valence-electron chi connectivity index (χ0n) is 20.9. The van der Waals surface area contributed by atoms with Gasteiger partial charge in [0.2, 0.25) is 10.0 Å². The minimum atomic E-state index is -3.76. The number of nitrogens with one attached hydrogen (secondary N) is 2. The molecule has 38 heavy (non-hydrogen) atoms. The van der Waals surface area contributed by atoms with E-state index in [1.54, 1.807) is 72.8 Å². The molecule has 0 aliphatic rings. The maximum atomic E-state index is 12.7. The number of para-hydroxylation sites is 1. The molecule has 2 amide bonds. The Labute approximate surface area is 226 Å². The van der Waals surface area contributed by atoms with Gasteiger partial charge >= 0.3 is 0 Å². The number of rotatable bonds is 11. The third kappa shape index (κ3) is 7.95. The number of benzene rings is 3. The van der Waals surface area contributed by atoms with Crippen LogP contribution in [0.3, 0.4) is 0 Å². The third-order valence-corrected chi connectivity index (χ3v) is 6.77. The lowest BCUT2D eigenvalue weighted by Crippen LogP contribution is -2.46. The highest BCUT2D eigenvalue weighted by Crippen LogP contribution is 2.24. The maximum absolute atomic E-state index is 12.7. The van der Waals surface area contributed by atoms with Crippen LogP contribution in [0.25, 0.3) is 0 Å². The van der Waals surface area contributed by atoms with Crippen LogP contribution in [0.15, 0.2) is 77.9 Å². The molecule has 0 aliphatic carbocycles. The van der Waals surface area contributed by atoms with E-state index in [-0.39, 0.29) is 12.5 Å². The SMILES string of the molecule is COc1ccc(N([C@H](C)C(=O)N/N=C\c2ccc(OCC(=O)Nc3ccccc3Cl)cc2)S(C)(=O)=O)cc1. The average molecular weight is 559 g/mol. The van der Waals surface area contributed by atoms with Crippen molar-refractivity contribution < 1.29 is 27.5 Å². The Balaban J connectivity index is 1.54. The molecular formula is C26H27ClN4O6S. The first-order valence-electron chi connectivity index (χ1n) is 11.3. The minimum Gasteiger partial charge on any atom is -0.497 e. The fourth-order valence-corrected chi connectivity index (χ4v) is 4.71. The Hall–Kier alpha value is -4.09. The molecule has 0 aromatic heterocycles. The summed E-state index contributed by atoms with van der Waals surface area (Å²) in [6, 6.07) is 18.8. The molecule has 2 N–H and O–H groups in total. The molecule has 0 spiro atoms. The first kappa shape index (κ1) is 28.5. The number of ether oxygens (including phenoxy) is 2. The summed E-state index contributed by atoms with van der Waals surface area (Å²) in [5.74, 6) is 0.0309. The summed E-state index contributed by atoms with van der Waals surface area (Å²) in [4.78, 5) is 24.7. The van der Waals surface area contributed by atoms with Crippen LogP contribution < -0.4 is 24.5 Å². The number of methoxy groups -OCH3 is 1. The van der Waals surface area contributed by atoms with Crippen LogP contribution in [0.2, 0.25) is 5.02 Å². The van der Waals surface area contributed by atoms with Gasteiger partial charge in [-0.1, -0.05) is 23.7 Å². The highest BCUT2D eigenvalue weighted by Gasteiger charge is 2.29. The average Bonchev–Trinajstić information content (AvgIpc) is 2.89. The van der Waals surface area contributed by atoms with Crippen LogP contribution in [-0.4, -0.2) is 52.5 Å². The van der Waals surface area contributed by atoms with Gasteiger partial charge in [0.15, 0.2) is 6.61 Å². The number of anilines is 2. The van der Waals surface area contributed by atoms with Crippen LogP contribution in [0.5, 0.6) is 11.5 Å². The van der Waals surface area contributed by atoms with Gasteiger partial charge in [0, 0.05) is 0 Å². The Morgan fingerprint density at radius 2 is 1.66 bits per heavy atom. The molecule has 0 bridgehead atoms. The Bertz CT molecular complexity index is 1400. The number of nitrogens with zero attached hydrogens (tertiary/aromatic N) is 2. The molecule has 200 valence electrons. The van der Waals surface area contributed by atoms with Crippen LogP contribution in [0.1, 0.15) is 12.5 Å². The normalized spacial score (nSPS) is 12.0. The molecule has 3 rings (SSSR count). The molecule has 0 saturated carbocycles. The van der Waals surface area contributed by atoms with E-state index in [2.05, 4.69) is 15.8 Å². The third-order valence-electron chi connectivity index (χ3n) is 5.20. The second-order valence-electron chi connectivity index (χ2n) is 8.05. The highest BCUT2D eigenvalue weighted by atomic mass is 35.5. The molecule has 10 nitrogen and oxygen atoms in total. The molecule has 0 radical (unpaired) electrons. The summed E-state index contributed by atoms with van der Waals surface area (Å²) in [5.41, 5.74) is 3.81. The first-order chi connectivity index (χ1) is 18.1. The standard InChI is InChI=1S/C26H27ClN4O6S/c1-18(31(38(3,34)35)20-10-14-21(36-2)15-11-20)26(33)30-28-16-19-8-12-22(13-9-19)37-17-25(32)29-24-7-5-4-6-23(24)27/h4-16,18H,17H2,1-3H3,(H,29,32)(H,30,33)/b28-16-/t18-/m1/s1. The smallest absolute Gasteiger partial charge is 0.263 e. The second-order valence-corrected chi connectivity index (χ2v) is 10.3. The van der Waals surface area contributed by atoms with Gasteiger partial charge in [0.05, 0.1) is 36.0 Å². The van der Waals surface area contributed by atoms with Crippen LogP contribution >= 0.6 is 11.6 Å². The van der Waals surface area contributed by atoms with Crippen molar-refractivity contribution in [3.63, 3.8) is 0 Å². The number of sulfonamides is 1. The maximum Gasteiger partial charge on any atom is 0.263 e.